The van der Waals surface area contributed by atoms with Gasteiger partial charge >= 0.3 is 0 Å². The highest BCUT2D eigenvalue weighted by atomic mass is 79.9. The van der Waals surface area contributed by atoms with Crippen LogP contribution >= 0.6 is 27.5 Å². The first kappa shape index (κ1) is 12.4. The molecule has 0 aliphatic rings. The van der Waals surface area contributed by atoms with Gasteiger partial charge in [0.15, 0.2) is 0 Å². The minimum absolute atomic E-state index is 0.358. The van der Waals surface area contributed by atoms with Gasteiger partial charge in [0.2, 0.25) is 0 Å². The van der Waals surface area contributed by atoms with Crippen LogP contribution in [0.15, 0.2) is 35.1 Å². The first-order valence-electron chi connectivity index (χ1n) is 5.10. The van der Waals surface area contributed by atoms with Gasteiger partial charge in [-0.2, -0.15) is 5.10 Å². The van der Waals surface area contributed by atoms with Gasteiger partial charge in [-0.1, -0.05) is 22.0 Å². The van der Waals surface area contributed by atoms with Crippen LogP contribution in [0.4, 0.5) is 0 Å². The first-order valence-corrected chi connectivity index (χ1v) is 6.43. The molecule has 17 heavy (non-hydrogen) atoms. The highest BCUT2D eigenvalue weighted by Crippen LogP contribution is 2.17. The molecule has 0 saturated heterocycles. The normalized spacial score (nSPS) is 10.5. The van der Waals surface area contributed by atoms with Crippen LogP contribution in [0.1, 0.15) is 5.82 Å². The van der Waals surface area contributed by atoms with Crippen molar-refractivity contribution in [3.63, 3.8) is 0 Å². The van der Waals surface area contributed by atoms with E-state index < -0.39 is 0 Å². The number of hydrogen-bond acceptors (Lipinski definition) is 3. The molecular weight excluding hydrogens is 305 g/mol. The van der Waals surface area contributed by atoms with Crippen LogP contribution < -0.4 is 4.74 Å². The van der Waals surface area contributed by atoms with E-state index in [1.165, 1.54) is 6.33 Å². The zero-order valence-electron chi connectivity index (χ0n) is 9.01. The molecule has 0 saturated carbocycles. The molecule has 0 fully saturated rings. The van der Waals surface area contributed by atoms with Gasteiger partial charge in [-0.05, 0) is 18.2 Å². The molecule has 0 atom stereocenters. The Balaban J connectivity index is 1.87. The summed E-state index contributed by atoms with van der Waals surface area (Å²) in [6.45, 7) is 1.16. The standard InChI is InChI=1S/C11H11BrClN3O/c12-9-2-1-3-10(6-9)17-5-4-16-11(7-13)14-8-15-16/h1-3,6,8H,4-5,7H2. The summed E-state index contributed by atoms with van der Waals surface area (Å²) < 4.78 is 8.34. The molecule has 4 nitrogen and oxygen atoms in total. The quantitative estimate of drug-likeness (QED) is 0.796. The zero-order chi connectivity index (χ0) is 12.1. The number of benzene rings is 1. The van der Waals surface area contributed by atoms with Gasteiger partial charge in [0.05, 0.1) is 12.4 Å². The molecule has 0 spiro atoms. The lowest BCUT2D eigenvalue weighted by atomic mass is 10.3. The summed E-state index contributed by atoms with van der Waals surface area (Å²) in [6.07, 6.45) is 1.50. The molecule has 0 radical (unpaired) electrons. The van der Waals surface area contributed by atoms with Crippen LogP contribution in [0.5, 0.6) is 5.75 Å². The van der Waals surface area contributed by atoms with Gasteiger partial charge in [0, 0.05) is 4.47 Å². The number of nitrogens with zero attached hydrogens (tertiary/aromatic N) is 3. The predicted octanol–water partition coefficient (Wildman–Crippen LogP) is 2.86. The minimum atomic E-state index is 0.358. The molecule has 1 heterocycles. The molecule has 2 rings (SSSR count). The Bertz CT molecular complexity index is 489. The lowest BCUT2D eigenvalue weighted by Gasteiger charge is -2.07. The van der Waals surface area contributed by atoms with Crippen molar-refractivity contribution in [2.45, 2.75) is 12.4 Å². The molecule has 1 aromatic carbocycles. The van der Waals surface area contributed by atoms with Gasteiger partial charge in [-0.3, -0.25) is 0 Å². The van der Waals surface area contributed by atoms with E-state index in [1.54, 1.807) is 4.68 Å². The van der Waals surface area contributed by atoms with E-state index in [0.29, 0.717) is 19.0 Å². The second-order valence-corrected chi connectivity index (χ2v) is 4.52. The molecule has 1 aromatic heterocycles. The Labute approximate surface area is 113 Å². The fraction of sp³-hybridized carbons (Fsp3) is 0.273. The van der Waals surface area contributed by atoms with Gasteiger partial charge < -0.3 is 4.74 Å². The van der Waals surface area contributed by atoms with E-state index in [4.69, 9.17) is 16.3 Å². The third kappa shape index (κ3) is 3.44. The van der Waals surface area contributed by atoms with E-state index in [9.17, 15) is 0 Å². The van der Waals surface area contributed by atoms with Crippen molar-refractivity contribution in [2.24, 2.45) is 0 Å². The van der Waals surface area contributed by atoms with Crippen molar-refractivity contribution >= 4 is 27.5 Å². The van der Waals surface area contributed by atoms with Crippen LogP contribution in [0, 0.1) is 0 Å². The first-order chi connectivity index (χ1) is 8.29. The number of alkyl halides is 1. The summed E-state index contributed by atoms with van der Waals surface area (Å²) in [5.74, 6) is 1.94. The summed E-state index contributed by atoms with van der Waals surface area (Å²) in [4.78, 5) is 4.03. The smallest absolute Gasteiger partial charge is 0.141 e. The summed E-state index contributed by atoms with van der Waals surface area (Å²) in [5, 5.41) is 4.07. The van der Waals surface area contributed by atoms with Gasteiger partial charge in [-0.15, -0.1) is 11.6 Å². The highest BCUT2D eigenvalue weighted by Gasteiger charge is 2.02. The molecule has 2 aromatic rings. The second kappa shape index (κ2) is 6.02. The molecule has 6 heteroatoms. The zero-order valence-corrected chi connectivity index (χ0v) is 11.4. The predicted molar refractivity (Wildman–Crippen MR) is 69.2 cm³/mol. The fourth-order valence-electron chi connectivity index (χ4n) is 1.39. The van der Waals surface area contributed by atoms with Crippen LogP contribution in [-0.2, 0) is 12.4 Å². The van der Waals surface area contributed by atoms with Crippen LogP contribution in [0.25, 0.3) is 0 Å². The molecule has 0 bridgehead atoms. The van der Waals surface area contributed by atoms with Gasteiger partial charge in [0.25, 0.3) is 0 Å². The largest absolute Gasteiger partial charge is 0.492 e. The van der Waals surface area contributed by atoms with Gasteiger partial charge in [0.1, 0.15) is 24.5 Å². The van der Waals surface area contributed by atoms with E-state index in [1.807, 2.05) is 24.3 Å². The molecule has 0 N–H and O–H groups in total. The molecule has 0 amide bonds. The summed E-state index contributed by atoms with van der Waals surface area (Å²) in [6, 6.07) is 7.72. The lowest BCUT2D eigenvalue weighted by molar-refractivity contribution is 0.289. The van der Waals surface area contributed by atoms with Crippen molar-refractivity contribution < 1.29 is 4.74 Å². The number of ether oxygens (including phenoxy) is 1. The van der Waals surface area contributed by atoms with E-state index in [0.717, 1.165) is 16.0 Å². The maximum Gasteiger partial charge on any atom is 0.141 e. The number of rotatable bonds is 5. The van der Waals surface area contributed by atoms with Crippen LogP contribution in [0.2, 0.25) is 0 Å². The highest BCUT2D eigenvalue weighted by molar-refractivity contribution is 9.10. The van der Waals surface area contributed by atoms with E-state index in [2.05, 4.69) is 26.0 Å². The van der Waals surface area contributed by atoms with Gasteiger partial charge in [-0.25, -0.2) is 9.67 Å². The average molecular weight is 317 g/mol. The summed E-state index contributed by atoms with van der Waals surface area (Å²) in [5.41, 5.74) is 0. The van der Waals surface area contributed by atoms with Crippen molar-refractivity contribution in [1.82, 2.24) is 14.8 Å². The topological polar surface area (TPSA) is 39.9 Å². The Hall–Kier alpha value is -1.07. The number of hydrogen-bond donors (Lipinski definition) is 0. The Morgan fingerprint density at radius 3 is 3.06 bits per heavy atom. The molecule has 0 unspecified atom stereocenters. The molecule has 0 aliphatic heterocycles. The van der Waals surface area contributed by atoms with Crippen molar-refractivity contribution in [1.29, 1.82) is 0 Å². The Kier molecular flexibility index (Phi) is 4.39. The van der Waals surface area contributed by atoms with Crippen LogP contribution in [0.3, 0.4) is 0 Å². The van der Waals surface area contributed by atoms with Crippen molar-refractivity contribution in [3.05, 3.63) is 40.9 Å². The lowest BCUT2D eigenvalue weighted by Crippen LogP contribution is -2.11. The molecule has 90 valence electrons. The fourth-order valence-corrected chi connectivity index (χ4v) is 1.97. The molecular formula is C11H11BrClN3O. The van der Waals surface area contributed by atoms with E-state index >= 15 is 0 Å². The van der Waals surface area contributed by atoms with Crippen molar-refractivity contribution in [2.75, 3.05) is 6.61 Å². The maximum atomic E-state index is 5.72. The Morgan fingerprint density at radius 2 is 2.29 bits per heavy atom. The Morgan fingerprint density at radius 1 is 1.41 bits per heavy atom. The number of halogens is 2. The molecule has 0 aliphatic carbocycles. The number of aromatic nitrogens is 3. The monoisotopic (exact) mass is 315 g/mol. The third-order valence-corrected chi connectivity index (χ3v) is 2.92. The SMILES string of the molecule is ClCc1ncnn1CCOc1cccc(Br)c1. The summed E-state index contributed by atoms with van der Waals surface area (Å²) in [7, 11) is 0. The minimum Gasteiger partial charge on any atom is -0.492 e. The second-order valence-electron chi connectivity index (χ2n) is 3.34. The van der Waals surface area contributed by atoms with Crippen molar-refractivity contribution in [3.8, 4) is 5.75 Å². The maximum absolute atomic E-state index is 5.72. The third-order valence-electron chi connectivity index (χ3n) is 2.18. The van der Waals surface area contributed by atoms with E-state index in [-0.39, 0.29) is 0 Å². The summed E-state index contributed by atoms with van der Waals surface area (Å²) >= 11 is 9.11. The van der Waals surface area contributed by atoms with Crippen LogP contribution in [-0.4, -0.2) is 21.4 Å². The average Bonchev–Trinajstić information content (AvgIpc) is 2.77.